The first-order valence-corrected chi connectivity index (χ1v) is 10.9. The van der Waals surface area contributed by atoms with E-state index in [1.54, 1.807) is 32.0 Å². The molecule has 3 aromatic rings. The van der Waals surface area contributed by atoms with Gasteiger partial charge in [-0.15, -0.1) is 0 Å². The number of fused-ring (bicyclic) bond motifs is 1. The second-order valence-corrected chi connectivity index (χ2v) is 8.38. The smallest absolute Gasteiger partial charge is 0.411 e. The van der Waals surface area contributed by atoms with Crippen LogP contribution < -0.4 is 15.8 Å². The van der Waals surface area contributed by atoms with E-state index in [2.05, 4.69) is 16.0 Å². The van der Waals surface area contributed by atoms with Crippen LogP contribution in [0.1, 0.15) is 44.7 Å². The fourth-order valence-corrected chi connectivity index (χ4v) is 4.03. The van der Waals surface area contributed by atoms with Gasteiger partial charge in [-0.05, 0) is 62.9 Å². The Bertz CT molecular complexity index is 1230. The minimum absolute atomic E-state index is 0.207. The highest BCUT2D eigenvalue weighted by molar-refractivity contribution is 5.96. The standard InChI is InChI=1S/C25H26N4O4/c1-15(2)33-25(31)28-17-8-6-16(7-9-17)24-21(13-26)20-11-10-19(32-14-23(27)30)12-22(20)29(24)18-4-3-5-18/h6-12,15,18H,3-5,14H2,1-2H3,(H2,27,30)(H,28,31). The Morgan fingerprint density at radius 3 is 2.52 bits per heavy atom. The summed E-state index contributed by atoms with van der Waals surface area (Å²) in [6, 6.07) is 15.5. The van der Waals surface area contributed by atoms with Gasteiger partial charge in [-0.2, -0.15) is 5.26 Å². The topological polar surface area (TPSA) is 119 Å². The van der Waals surface area contributed by atoms with Gasteiger partial charge < -0.3 is 19.8 Å². The molecule has 1 saturated carbocycles. The molecule has 0 spiro atoms. The van der Waals surface area contributed by atoms with Crippen molar-refractivity contribution >= 4 is 28.6 Å². The molecular weight excluding hydrogens is 420 g/mol. The van der Waals surface area contributed by atoms with Crippen LogP contribution in [0.15, 0.2) is 42.5 Å². The number of ether oxygens (including phenoxy) is 2. The van der Waals surface area contributed by atoms with E-state index in [-0.39, 0.29) is 18.8 Å². The summed E-state index contributed by atoms with van der Waals surface area (Å²) in [6.45, 7) is 3.37. The number of nitrogens with two attached hydrogens (primary N) is 1. The molecule has 0 bridgehead atoms. The first-order chi connectivity index (χ1) is 15.9. The van der Waals surface area contributed by atoms with Gasteiger partial charge in [-0.25, -0.2) is 4.79 Å². The van der Waals surface area contributed by atoms with Gasteiger partial charge in [0.05, 0.1) is 22.9 Å². The maximum absolute atomic E-state index is 11.9. The number of anilines is 1. The molecule has 1 heterocycles. The number of amides is 2. The van der Waals surface area contributed by atoms with Gasteiger partial charge in [0.2, 0.25) is 0 Å². The average Bonchev–Trinajstić information content (AvgIpc) is 3.04. The van der Waals surface area contributed by atoms with Crippen molar-refractivity contribution in [3.8, 4) is 23.1 Å². The summed E-state index contributed by atoms with van der Waals surface area (Å²) < 4.78 is 12.8. The molecule has 0 aliphatic heterocycles. The van der Waals surface area contributed by atoms with Crippen molar-refractivity contribution in [3.05, 3.63) is 48.0 Å². The van der Waals surface area contributed by atoms with Crippen LogP contribution in [0.4, 0.5) is 10.5 Å². The SMILES string of the molecule is CC(C)OC(=O)Nc1ccc(-c2c(C#N)c3ccc(OCC(N)=O)cc3n2C2CCC2)cc1. The number of aromatic nitrogens is 1. The summed E-state index contributed by atoms with van der Waals surface area (Å²) >= 11 is 0. The molecule has 3 N–H and O–H groups in total. The quantitative estimate of drug-likeness (QED) is 0.544. The highest BCUT2D eigenvalue weighted by Crippen LogP contribution is 2.43. The van der Waals surface area contributed by atoms with Crippen molar-refractivity contribution < 1.29 is 19.1 Å². The van der Waals surface area contributed by atoms with E-state index in [9.17, 15) is 14.9 Å². The Morgan fingerprint density at radius 1 is 1.21 bits per heavy atom. The fraction of sp³-hybridized carbons (Fsp3) is 0.320. The first kappa shape index (κ1) is 22.2. The third-order valence-electron chi connectivity index (χ3n) is 5.66. The summed E-state index contributed by atoms with van der Waals surface area (Å²) in [5.74, 6) is -0.0209. The first-order valence-electron chi connectivity index (χ1n) is 10.9. The van der Waals surface area contributed by atoms with Crippen molar-refractivity contribution in [2.75, 3.05) is 11.9 Å². The van der Waals surface area contributed by atoms with Crippen LogP contribution in [0.3, 0.4) is 0 Å². The third kappa shape index (κ3) is 4.62. The minimum atomic E-state index is -0.547. The summed E-state index contributed by atoms with van der Waals surface area (Å²) in [5.41, 5.74) is 8.99. The van der Waals surface area contributed by atoms with Crippen LogP contribution in [0, 0.1) is 11.3 Å². The normalized spacial score (nSPS) is 13.4. The molecule has 1 aliphatic carbocycles. The zero-order chi connectivity index (χ0) is 23.5. The average molecular weight is 447 g/mol. The molecule has 0 saturated heterocycles. The molecule has 1 aromatic heterocycles. The van der Waals surface area contributed by atoms with E-state index >= 15 is 0 Å². The highest BCUT2D eigenvalue weighted by Gasteiger charge is 2.28. The molecule has 8 nitrogen and oxygen atoms in total. The van der Waals surface area contributed by atoms with Crippen molar-refractivity contribution in [3.63, 3.8) is 0 Å². The fourth-order valence-electron chi connectivity index (χ4n) is 4.03. The molecule has 0 atom stereocenters. The third-order valence-corrected chi connectivity index (χ3v) is 5.66. The number of hydrogen-bond acceptors (Lipinski definition) is 5. The maximum atomic E-state index is 11.9. The lowest BCUT2D eigenvalue weighted by atomic mass is 9.92. The molecule has 1 fully saturated rings. The zero-order valence-electron chi connectivity index (χ0n) is 18.6. The Labute approximate surface area is 191 Å². The Balaban J connectivity index is 1.75. The molecule has 33 heavy (non-hydrogen) atoms. The van der Waals surface area contributed by atoms with E-state index < -0.39 is 12.0 Å². The monoisotopic (exact) mass is 446 g/mol. The number of hydrogen-bond donors (Lipinski definition) is 2. The molecule has 170 valence electrons. The summed E-state index contributed by atoms with van der Waals surface area (Å²) in [6.07, 6.45) is 2.45. The van der Waals surface area contributed by atoms with Crippen LogP contribution in [-0.2, 0) is 9.53 Å². The van der Waals surface area contributed by atoms with Gasteiger partial charge >= 0.3 is 6.09 Å². The number of nitrogens with zero attached hydrogens (tertiary/aromatic N) is 2. The molecule has 8 heteroatoms. The second-order valence-electron chi connectivity index (χ2n) is 8.38. The van der Waals surface area contributed by atoms with Gasteiger partial charge in [0.25, 0.3) is 5.91 Å². The minimum Gasteiger partial charge on any atom is -0.484 e. The highest BCUT2D eigenvalue weighted by atomic mass is 16.6. The van der Waals surface area contributed by atoms with Crippen LogP contribution in [-0.4, -0.2) is 29.3 Å². The van der Waals surface area contributed by atoms with E-state index in [1.165, 1.54) is 0 Å². The molecule has 0 unspecified atom stereocenters. The molecule has 0 radical (unpaired) electrons. The predicted molar refractivity (Wildman–Crippen MR) is 125 cm³/mol. The Hall–Kier alpha value is -3.99. The molecular formula is C25H26N4O4. The summed E-state index contributed by atoms with van der Waals surface area (Å²) in [5, 5.41) is 13.6. The Kier molecular flexibility index (Phi) is 6.22. The van der Waals surface area contributed by atoms with E-state index in [0.717, 1.165) is 41.4 Å². The number of primary amides is 1. The lowest BCUT2D eigenvalue weighted by molar-refractivity contribution is -0.119. The van der Waals surface area contributed by atoms with Gasteiger partial charge in [-0.1, -0.05) is 12.1 Å². The number of nitriles is 1. The summed E-state index contributed by atoms with van der Waals surface area (Å²) in [4.78, 5) is 23.0. The van der Waals surface area contributed by atoms with Crippen molar-refractivity contribution in [1.29, 1.82) is 5.26 Å². The number of carbonyl (C=O) groups excluding carboxylic acids is 2. The lowest BCUT2D eigenvalue weighted by Crippen LogP contribution is -2.20. The second kappa shape index (κ2) is 9.25. The van der Waals surface area contributed by atoms with Crippen LogP contribution in [0.25, 0.3) is 22.2 Å². The van der Waals surface area contributed by atoms with E-state index in [4.69, 9.17) is 15.2 Å². The van der Waals surface area contributed by atoms with E-state index in [0.29, 0.717) is 17.0 Å². The van der Waals surface area contributed by atoms with Crippen molar-refractivity contribution in [2.24, 2.45) is 5.73 Å². The number of carbonyl (C=O) groups is 2. The van der Waals surface area contributed by atoms with Gasteiger partial charge in [0.1, 0.15) is 11.8 Å². The largest absolute Gasteiger partial charge is 0.484 e. The Morgan fingerprint density at radius 2 is 1.94 bits per heavy atom. The van der Waals surface area contributed by atoms with Crippen LogP contribution in [0.5, 0.6) is 5.75 Å². The number of benzene rings is 2. The molecule has 4 rings (SSSR count). The van der Waals surface area contributed by atoms with Crippen molar-refractivity contribution in [1.82, 2.24) is 4.57 Å². The predicted octanol–water partition coefficient (Wildman–Crippen LogP) is 4.73. The molecule has 1 aliphatic rings. The molecule has 2 amide bonds. The summed E-state index contributed by atoms with van der Waals surface area (Å²) in [7, 11) is 0. The van der Waals surface area contributed by atoms with Crippen LogP contribution in [0.2, 0.25) is 0 Å². The van der Waals surface area contributed by atoms with Crippen molar-refractivity contribution in [2.45, 2.75) is 45.3 Å². The zero-order valence-corrected chi connectivity index (χ0v) is 18.6. The lowest BCUT2D eigenvalue weighted by Gasteiger charge is -2.30. The number of nitrogens with one attached hydrogen (secondary N) is 1. The molecule has 2 aromatic carbocycles. The number of rotatable bonds is 7. The van der Waals surface area contributed by atoms with E-state index in [1.807, 2.05) is 24.3 Å². The van der Waals surface area contributed by atoms with Crippen LogP contribution >= 0.6 is 0 Å². The van der Waals surface area contributed by atoms with Gasteiger partial charge in [0, 0.05) is 23.2 Å². The van der Waals surface area contributed by atoms with Gasteiger partial charge in [0.15, 0.2) is 6.61 Å². The van der Waals surface area contributed by atoms with Gasteiger partial charge in [-0.3, -0.25) is 10.1 Å². The maximum Gasteiger partial charge on any atom is 0.411 e.